The van der Waals surface area contributed by atoms with Crippen LogP contribution in [0.5, 0.6) is 0 Å². The van der Waals surface area contributed by atoms with Gasteiger partial charge in [-0.2, -0.15) is 4.31 Å². The van der Waals surface area contributed by atoms with Gasteiger partial charge in [-0.25, -0.2) is 13.2 Å². The van der Waals surface area contributed by atoms with E-state index < -0.39 is 28.0 Å². The molecule has 4 N–H and O–H groups in total. The van der Waals surface area contributed by atoms with Gasteiger partial charge in [0.2, 0.25) is 15.9 Å². The molecule has 1 saturated heterocycles. The molecular weight excluding hydrogens is 356 g/mol. The molecule has 9 heteroatoms. The van der Waals surface area contributed by atoms with Crippen LogP contribution in [0.25, 0.3) is 0 Å². The molecule has 1 atom stereocenters. The lowest BCUT2D eigenvalue weighted by Crippen LogP contribution is -2.45. The number of nitrogens with zero attached hydrogens (tertiary/aromatic N) is 1. The summed E-state index contributed by atoms with van der Waals surface area (Å²) in [4.78, 5) is 23.5. The van der Waals surface area contributed by atoms with Gasteiger partial charge in [-0.3, -0.25) is 4.79 Å². The molecule has 26 heavy (non-hydrogen) atoms. The molecule has 2 rings (SSSR count). The Labute approximate surface area is 154 Å². The van der Waals surface area contributed by atoms with E-state index in [1.165, 1.54) is 10.4 Å². The summed E-state index contributed by atoms with van der Waals surface area (Å²) in [5.74, 6) is -0.448. The van der Waals surface area contributed by atoms with E-state index >= 15 is 0 Å². The highest BCUT2D eigenvalue weighted by Crippen LogP contribution is 2.26. The first kappa shape index (κ1) is 20.2. The number of piperidine rings is 1. The minimum Gasteiger partial charge on any atom is -0.352 e. The third-order valence-corrected chi connectivity index (χ3v) is 6.47. The zero-order valence-electron chi connectivity index (χ0n) is 15.1. The van der Waals surface area contributed by atoms with E-state index in [4.69, 9.17) is 5.73 Å². The second kappa shape index (κ2) is 8.50. The molecular formula is C17H26N4O4S. The lowest BCUT2D eigenvalue weighted by atomic mass is 10.2. The number of amides is 3. The zero-order chi connectivity index (χ0) is 19.3. The Morgan fingerprint density at radius 3 is 2.46 bits per heavy atom. The SMILES string of the molecule is CC[C@@H](NC(N)=O)C(=O)Nc1ccc(C)c(S(=O)(=O)N2CCCCC2)c1. The molecule has 0 aromatic heterocycles. The Kier molecular flexibility index (Phi) is 6.60. The van der Waals surface area contributed by atoms with Gasteiger partial charge in [0.25, 0.3) is 0 Å². The van der Waals surface area contributed by atoms with Crippen molar-refractivity contribution in [1.82, 2.24) is 9.62 Å². The van der Waals surface area contributed by atoms with Crippen molar-refractivity contribution in [3.63, 3.8) is 0 Å². The number of benzene rings is 1. The van der Waals surface area contributed by atoms with Gasteiger partial charge in [-0.15, -0.1) is 0 Å². The molecule has 0 radical (unpaired) electrons. The van der Waals surface area contributed by atoms with Crippen LogP contribution in [0.2, 0.25) is 0 Å². The van der Waals surface area contributed by atoms with Crippen molar-refractivity contribution in [2.75, 3.05) is 18.4 Å². The predicted molar refractivity (Wildman–Crippen MR) is 99.2 cm³/mol. The van der Waals surface area contributed by atoms with Crippen molar-refractivity contribution in [3.05, 3.63) is 23.8 Å². The topological polar surface area (TPSA) is 122 Å². The van der Waals surface area contributed by atoms with Gasteiger partial charge in [0, 0.05) is 18.8 Å². The normalized spacial score (nSPS) is 16.7. The summed E-state index contributed by atoms with van der Waals surface area (Å²) in [6.45, 7) is 4.49. The Morgan fingerprint density at radius 1 is 1.23 bits per heavy atom. The van der Waals surface area contributed by atoms with Crippen LogP contribution in [0, 0.1) is 6.92 Å². The molecule has 1 aliphatic heterocycles. The molecule has 0 unspecified atom stereocenters. The van der Waals surface area contributed by atoms with Crippen LogP contribution >= 0.6 is 0 Å². The first-order chi connectivity index (χ1) is 12.3. The Balaban J connectivity index is 2.23. The third-order valence-electron chi connectivity index (χ3n) is 4.43. The van der Waals surface area contributed by atoms with E-state index in [0.717, 1.165) is 19.3 Å². The van der Waals surface area contributed by atoms with Crippen molar-refractivity contribution >= 4 is 27.6 Å². The lowest BCUT2D eigenvalue weighted by Gasteiger charge is -2.26. The average molecular weight is 382 g/mol. The van der Waals surface area contributed by atoms with E-state index in [9.17, 15) is 18.0 Å². The van der Waals surface area contributed by atoms with Crippen LogP contribution in [0.1, 0.15) is 38.2 Å². The van der Waals surface area contributed by atoms with E-state index in [1.807, 2.05) is 0 Å². The number of nitrogens with one attached hydrogen (secondary N) is 2. The molecule has 1 heterocycles. The minimum atomic E-state index is -3.60. The predicted octanol–water partition coefficient (Wildman–Crippen LogP) is 1.56. The van der Waals surface area contributed by atoms with Gasteiger partial charge in [0.15, 0.2) is 0 Å². The van der Waals surface area contributed by atoms with Crippen LogP contribution in [-0.2, 0) is 14.8 Å². The molecule has 0 spiro atoms. The van der Waals surface area contributed by atoms with Gasteiger partial charge >= 0.3 is 6.03 Å². The van der Waals surface area contributed by atoms with Crippen LogP contribution < -0.4 is 16.4 Å². The second-order valence-corrected chi connectivity index (χ2v) is 8.31. The summed E-state index contributed by atoms with van der Waals surface area (Å²) >= 11 is 0. The number of rotatable bonds is 6. The highest BCUT2D eigenvalue weighted by molar-refractivity contribution is 7.89. The molecule has 144 valence electrons. The molecule has 1 aromatic carbocycles. The summed E-state index contributed by atoms with van der Waals surface area (Å²) in [6.07, 6.45) is 3.10. The van der Waals surface area contributed by atoms with Crippen molar-refractivity contribution in [1.29, 1.82) is 0 Å². The number of hydrogen-bond donors (Lipinski definition) is 3. The van der Waals surface area contributed by atoms with Gasteiger partial charge in [-0.05, 0) is 43.9 Å². The van der Waals surface area contributed by atoms with Crippen LogP contribution in [0.15, 0.2) is 23.1 Å². The van der Waals surface area contributed by atoms with Crippen LogP contribution in [0.4, 0.5) is 10.5 Å². The average Bonchev–Trinajstić information content (AvgIpc) is 2.61. The smallest absolute Gasteiger partial charge is 0.312 e. The van der Waals surface area contributed by atoms with Gasteiger partial charge in [0.1, 0.15) is 6.04 Å². The highest BCUT2D eigenvalue weighted by Gasteiger charge is 2.28. The number of sulfonamides is 1. The number of anilines is 1. The largest absolute Gasteiger partial charge is 0.352 e. The van der Waals surface area contributed by atoms with E-state index in [2.05, 4.69) is 10.6 Å². The number of carbonyl (C=O) groups is 2. The fourth-order valence-corrected chi connectivity index (χ4v) is 4.72. The third kappa shape index (κ3) is 4.73. The number of urea groups is 1. The van der Waals surface area contributed by atoms with Crippen molar-refractivity contribution in [2.24, 2.45) is 5.73 Å². The number of nitrogens with two attached hydrogens (primary N) is 1. The van der Waals surface area contributed by atoms with Crippen LogP contribution in [-0.4, -0.2) is 43.8 Å². The zero-order valence-corrected chi connectivity index (χ0v) is 15.9. The Bertz CT molecular complexity index is 773. The molecule has 0 saturated carbocycles. The molecule has 0 aliphatic carbocycles. The maximum absolute atomic E-state index is 12.9. The number of hydrogen-bond acceptors (Lipinski definition) is 4. The van der Waals surface area contributed by atoms with Gasteiger partial charge in [0.05, 0.1) is 4.90 Å². The van der Waals surface area contributed by atoms with Crippen molar-refractivity contribution < 1.29 is 18.0 Å². The first-order valence-corrected chi connectivity index (χ1v) is 10.2. The molecule has 0 bridgehead atoms. The Morgan fingerprint density at radius 2 is 1.88 bits per heavy atom. The summed E-state index contributed by atoms with van der Waals surface area (Å²) in [5, 5.41) is 5.01. The maximum atomic E-state index is 12.9. The number of carbonyl (C=O) groups excluding carboxylic acids is 2. The molecule has 3 amide bonds. The van der Waals surface area contributed by atoms with E-state index in [0.29, 0.717) is 30.8 Å². The highest BCUT2D eigenvalue weighted by atomic mass is 32.2. The van der Waals surface area contributed by atoms with Crippen molar-refractivity contribution in [2.45, 2.75) is 50.5 Å². The molecule has 8 nitrogen and oxygen atoms in total. The fraction of sp³-hybridized carbons (Fsp3) is 0.529. The standard InChI is InChI=1S/C17H26N4O4S/c1-3-14(20-17(18)23)16(22)19-13-8-7-12(2)15(11-13)26(24,25)21-9-5-4-6-10-21/h7-8,11,14H,3-6,9-10H2,1-2H3,(H,19,22)(H3,18,20,23)/t14-/m1/s1. The minimum absolute atomic E-state index is 0.188. The second-order valence-electron chi connectivity index (χ2n) is 6.40. The van der Waals surface area contributed by atoms with Gasteiger partial charge < -0.3 is 16.4 Å². The van der Waals surface area contributed by atoms with E-state index in [1.54, 1.807) is 26.0 Å². The fourth-order valence-electron chi connectivity index (χ4n) is 2.95. The summed E-state index contributed by atoms with van der Waals surface area (Å²) in [5.41, 5.74) is 6.05. The Hall–Kier alpha value is -2.13. The van der Waals surface area contributed by atoms with Gasteiger partial charge in [-0.1, -0.05) is 19.4 Å². The molecule has 1 aromatic rings. The van der Waals surface area contributed by atoms with Crippen molar-refractivity contribution in [3.8, 4) is 0 Å². The summed E-state index contributed by atoms with van der Waals surface area (Å²) < 4.78 is 27.3. The molecule has 1 fully saturated rings. The summed E-state index contributed by atoms with van der Waals surface area (Å²) in [7, 11) is -3.60. The molecule has 1 aliphatic rings. The number of aryl methyl sites for hydroxylation is 1. The summed E-state index contributed by atoms with van der Waals surface area (Å²) in [6, 6.07) is 3.20. The lowest BCUT2D eigenvalue weighted by molar-refractivity contribution is -0.118. The quantitative estimate of drug-likeness (QED) is 0.691. The number of primary amides is 1. The first-order valence-electron chi connectivity index (χ1n) is 8.73. The van der Waals surface area contributed by atoms with Crippen LogP contribution in [0.3, 0.4) is 0 Å². The van der Waals surface area contributed by atoms with E-state index in [-0.39, 0.29) is 4.90 Å². The monoisotopic (exact) mass is 382 g/mol. The maximum Gasteiger partial charge on any atom is 0.312 e.